The molecule has 0 unspecified atom stereocenters. The summed E-state index contributed by atoms with van der Waals surface area (Å²) in [6.45, 7) is 2.64. The second-order valence-electron chi connectivity index (χ2n) is 7.55. The lowest BCUT2D eigenvalue weighted by atomic mass is 10.1. The van der Waals surface area contributed by atoms with Crippen LogP contribution in [0, 0.1) is 0 Å². The van der Waals surface area contributed by atoms with Crippen LogP contribution in [0.4, 0.5) is 0 Å². The molecule has 7 nitrogen and oxygen atoms in total. The Kier molecular flexibility index (Phi) is 9.23. The number of hydrogen-bond donors (Lipinski definition) is 2. The summed E-state index contributed by atoms with van der Waals surface area (Å²) in [5.74, 6) is 2.63. The first kappa shape index (κ1) is 24.2. The number of nitrogens with zero attached hydrogens (tertiary/aromatic N) is 2. The van der Waals surface area contributed by atoms with E-state index in [0.717, 1.165) is 46.6 Å². The number of aliphatic imine (C=N–C) groups is 2. The predicted octanol–water partition coefficient (Wildman–Crippen LogP) is 4.10. The predicted molar refractivity (Wildman–Crippen MR) is 134 cm³/mol. The van der Waals surface area contributed by atoms with Crippen LogP contribution >= 0.6 is 0 Å². The third kappa shape index (κ3) is 7.03. The minimum absolute atomic E-state index is 0.527. The molecule has 0 bridgehead atoms. The Hall–Kier alpha value is -3.42. The maximum Gasteiger partial charge on any atom is 0.134 e. The van der Waals surface area contributed by atoms with Gasteiger partial charge in [0.05, 0.1) is 0 Å². The van der Waals surface area contributed by atoms with Gasteiger partial charge in [-0.05, 0) is 25.0 Å². The summed E-state index contributed by atoms with van der Waals surface area (Å²) in [6.07, 6.45) is 1.69. The van der Waals surface area contributed by atoms with E-state index in [-0.39, 0.29) is 0 Å². The summed E-state index contributed by atoms with van der Waals surface area (Å²) < 4.78 is 16.2. The maximum atomic E-state index is 6.09. The first-order valence-corrected chi connectivity index (χ1v) is 11.0. The summed E-state index contributed by atoms with van der Waals surface area (Å²) in [5.41, 5.74) is 15.9. The molecule has 0 fully saturated rings. The third-order valence-corrected chi connectivity index (χ3v) is 5.11. The van der Waals surface area contributed by atoms with Crippen molar-refractivity contribution in [2.45, 2.75) is 12.8 Å². The van der Waals surface area contributed by atoms with E-state index in [0.29, 0.717) is 38.0 Å². The second kappa shape index (κ2) is 12.6. The molecule has 0 aliphatic heterocycles. The van der Waals surface area contributed by atoms with Crippen molar-refractivity contribution in [1.29, 1.82) is 0 Å². The summed E-state index contributed by atoms with van der Waals surface area (Å²) in [7, 11) is 3.36. The van der Waals surface area contributed by atoms with Crippen molar-refractivity contribution in [2.24, 2.45) is 21.5 Å². The number of benzene rings is 2. The fraction of sp³-hybridized carbons (Fsp3) is 0.308. The van der Waals surface area contributed by atoms with Gasteiger partial charge in [-0.2, -0.15) is 0 Å². The van der Waals surface area contributed by atoms with Crippen molar-refractivity contribution >= 4 is 11.7 Å². The van der Waals surface area contributed by atoms with Gasteiger partial charge in [-0.1, -0.05) is 48.5 Å². The highest BCUT2D eigenvalue weighted by molar-refractivity contribution is 5.98. The zero-order valence-electron chi connectivity index (χ0n) is 19.3. The lowest BCUT2D eigenvalue weighted by Crippen LogP contribution is -2.14. The van der Waals surface area contributed by atoms with E-state index in [9.17, 15) is 0 Å². The molecule has 7 heteroatoms. The number of furan rings is 1. The van der Waals surface area contributed by atoms with Crippen molar-refractivity contribution in [2.75, 3.05) is 40.5 Å². The Morgan fingerprint density at radius 3 is 1.42 bits per heavy atom. The van der Waals surface area contributed by atoms with Crippen LogP contribution in [0.2, 0.25) is 0 Å². The van der Waals surface area contributed by atoms with E-state index in [1.165, 1.54) is 0 Å². The minimum atomic E-state index is 0.527. The first-order chi connectivity index (χ1) is 16.1. The van der Waals surface area contributed by atoms with Gasteiger partial charge in [-0.15, -0.1) is 0 Å². The number of rotatable bonds is 12. The Labute approximate surface area is 195 Å². The van der Waals surface area contributed by atoms with Crippen LogP contribution in [0.3, 0.4) is 0 Å². The van der Waals surface area contributed by atoms with E-state index in [1.807, 2.05) is 60.7 Å². The Bertz CT molecular complexity index is 970. The number of amidine groups is 2. The highest BCUT2D eigenvalue weighted by atomic mass is 16.5. The average molecular weight is 449 g/mol. The van der Waals surface area contributed by atoms with Gasteiger partial charge in [0.15, 0.2) is 0 Å². The van der Waals surface area contributed by atoms with Crippen LogP contribution in [0.1, 0.15) is 24.0 Å². The molecule has 0 amide bonds. The molecule has 3 rings (SSSR count). The Morgan fingerprint density at radius 1 is 0.667 bits per heavy atom. The number of methoxy groups -OCH3 is 2. The maximum absolute atomic E-state index is 6.09. The second-order valence-corrected chi connectivity index (χ2v) is 7.55. The molecule has 0 saturated heterocycles. The molecule has 1 heterocycles. The van der Waals surface area contributed by atoms with Crippen molar-refractivity contribution in [3.05, 3.63) is 71.8 Å². The molecule has 1 aromatic heterocycles. The van der Waals surface area contributed by atoms with Gasteiger partial charge < -0.3 is 25.4 Å². The van der Waals surface area contributed by atoms with Gasteiger partial charge in [-0.25, -0.2) is 0 Å². The van der Waals surface area contributed by atoms with Gasteiger partial charge in [-0.3, -0.25) is 9.98 Å². The fourth-order valence-corrected chi connectivity index (χ4v) is 3.26. The topological polar surface area (TPSA) is 108 Å². The zero-order valence-corrected chi connectivity index (χ0v) is 19.3. The van der Waals surface area contributed by atoms with Crippen LogP contribution in [0.15, 0.2) is 75.1 Å². The molecule has 0 radical (unpaired) electrons. The molecule has 2 aromatic carbocycles. The third-order valence-electron chi connectivity index (χ3n) is 5.11. The lowest BCUT2D eigenvalue weighted by molar-refractivity contribution is 0.197. The summed E-state index contributed by atoms with van der Waals surface area (Å²) >= 11 is 0. The van der Waals surface area contributed by atoms with E-state index in [1.54, 1.807) is 14.2 Å². The van der Waals surface area contributed by atoms with Gasteiger partial charge >= 0.3 is 0 Å². The molecule has 33 heavy (non-hydrogen) atoms. The lowest BCUT2D eigenvalue weighted by Gasteiger charge is -2.04. The van der Waals surface area contributed by atoms with Crippen molar-refractivity contribution in [3.8, 4) is 22.6 Å². The minimum Gasteiger partial charge on any atom is -0.456 e. The molecule has 4 N–H and O–H groups in total. The van der Waals surface area contributed by atoms with E-state index >= 15 is 0 Å². The van der Waals surface area contributed by atoms with Crippen LogP contribution in [-0.2, 0) is 9.47 Å². The van der Waals surface area contributed by atoms with E-state index in [2.05, 4.69) is 9.98 Å². The van der Waals surface area contributed by atoms with Crippen molar-refractivity contribution < 1.29 is 13.9 Å². The van der Waals surface area contributed by atoms with Crippen molar-refractivity contribution in [3.63, 3.8) is 0 Å². The van der Waals surface area contributed by atoms with Crippen LogP contribution in [0.25, 0.3) is 22.6 Å². The van der Waals surface area contributed by atoms with E-state index in [4.69, 9.17) is 25.4 Å². The van der Waals surface area contributed by atoms with Gasteiger partial charge in [0.1, 0.15) is 23.2 Å². The van der Waals surface area contributed by atoms with Crippen LogP contribution in [0.5, 0.6) is 0 Å². The fourth-order valence-electron chi connectivity index (χ4n) is 3.26. The van der Waals surface area contributed by atoms with Gasteiger partial charge in [0, 0.05) is 62.8 Å². The summed E-state index contributed by atoms with van der Waals surface area (Å²) in [5, 5.41) is 0. The van der Waals surface area contributed by atoms with Crippen molar-refractivity contribution in [1.82, 2.24) is 0 Å². The Balaban J connectivity index is 1.65. The summed E-state index contributed by atoms with van der Waals surface area (Å²) in [4.78, 5) is 8.78. The normalized spacial score (nSPS) is 12.3. The first-order valence-electron chi connectivity index (χ1n) is 11.0. The molecular weight excluding hydrogens is 416 g/mol. The Morgan fingerprint density at radius 2 is 1.06 bits per heavy atom. The number of ether oxygens (including phenoxy) is 2. The largest absolute Gasteiger partial charge is 0.456 e. The van der Waals surface area contributed by atoms with Gasteiger partial charge in [0.25, 0.3) is 0 Å². The van der Waals surface area contributed by atoms with E-state index < -0.39 is 0 Å². The molecular formula is C26H32N4O3. The molecule has 174 valence electrons. The van der Waals surface area contributed by atoms with Crippen LogP contribution < -0.4 is 11.5 Å². The number of nitrogens with two attached hydrogens (primary N) is 2. The molecule has 0 aliphatic carbocycles. The standard InChI is InChI=1S/C26H32N4O3/c1-31-17-3-15-29-25(27)21-9-5-19(6-10-21)23-13-14-24(33-23)20-7-11-22(12-8-20)26(28)30-16-4-18-32-2/h5-14H,3-4,15-18H2,1-2H3,(H2,27,29)(H2,28,30). The average Bonchev–Trinajstić information content (AvgIpc) is 3.35. The monoisotopic (exact) mass is 448 g/mol. The highest BCUT2D eigenvalue weighted by Crippen LogP contribution is 2.29. The molecule has 0 aliphatic rings. The molecule has 0 spiro atoms. The number of hydrogen-bond acceptors (Lipinski definition) is 5. The SMILES string of the molecule is COCCCN=C(N)c1ccc(-c2ccc(-c3ccc(C(N)=NCCCOC)cc3)o2)cc1. The van der Waals surface area contributed by atoms with Gasteiger partial charge in [0.2, 0.25) is 0 Å². The quantitative estimate of drug-likeness (QED) is 0.246. The molecule has 3 aromatic rings. The smallest absolute Gasteiger partial charge is 0.134 e. The molecule has 0 atom stereocenters. The molecule has 0 saturated carbocycles. The van der Waals surface area contributed by atoms with Crippen LogP contribution in [-0.4, -0.2) is 52.2 Å². The summed E-state index contributed by atoms with van der Waals surface area (Å²) in [6, 6.07) is 19.7. The highest BCUT2D eigenvalue weighted by Gasteiger charge is 2.08. The zero-order chi connectivity index (χ0) is 23.5.